The quantitative estimate of drug-likeness (QED) is 0.793. The summed E-state index contributed by atoms with van der Waals surface area (Å²) in [5.41, 5.74) is 1.05. The summed E-state index contributed by atoms with van der Waals surface area (Å²) in [6.45, 7) is 4.97. The maximum atomic E-state index is 12.5. The van der Waals surface area contributed by atoms with Crippen LogP contribution in [0.1, 0.15) is 34.6 Å². The van der Waals surface area contributed by atoms with Crippen molar-refractivity contribution < 1.29 is 18.0 Å². The molecule has 6 nitrogen and oxygen atoms in total. The van der Waals surface area contributed by atoms with Gasteiger partial charge in [-0.05, 0) is 50.2 Å². The van der Waals surface area contributed by atoms with Gasteiger partial charge >= 0.3 is 0 Å². The highest BCUT2D eigenvalue weighted by molar-refractivity contribution is 7.90. The SMILES string of the molecule is CCN(CC)C(=O)c1cccc(NC(=O)c2ccc(Cl)c(S(C)(=O)=O)c2)c1. The number of rotatable bonds is 6. The molecule has 0 bridgehead atoms. The number of carbonyl (C=O) groups is 2. The van der Waals surface area contributed by atoms with E-state index in [4.69, 9.17) is 11.6 Å². The van der Waals surface area contributed by atoms with Crippen LogP contribution in [-0.2, 0) is 9.84 Å². The van der Waals surface area contributed by atoms with Crippen molar-refractivity contribution in [1.29, 1.82) is 0 Å². The second kappa shape index (κ2) is 8.54. The molecule has 0 radical (unpaired) electrons. The molecule has 0 saturated carbocycles. The fourth-order valence-corrected chi connectivity index (χ4v) is 3.86. The van der Waals surface area contributed by atoms with Crippen LogP contribution in [0.25, 0.3) is 0 Å². The lowest BCUT2D eigenvalue weighted by molar-refractivity contribution is 0.0772. The van der Waals surface area contributed by atoms with E-state index in [1.807, 2.05) is 13.8 Å². The number of hydrogen-bond acceptors (Lipinski definition) is 4. The molecule has 1 N–H and O–H groups in total. The molecule has 0 aliphatic rings. The number of hydrogen-bond donors (Lipinski definition) is 1. The summed E-state index contributed by atoms with van der Waals surface area (Å²) in [7, 11) is -3.56. The van der Waals surface area contributed by atoms with E-state index in [1.54, 1.807) is 29.2 Å². The number of anilines is 1. The summed E-state index contributed by atoms with van der Waals surface area (Å²) in [5, 5.41) is 2.74. The van der Waals surface area contributed by atoms with Crippen LogP contribution in [0.4, 0.5) is 5.69 Å². The van der Waals surface area contributed by atoms with E-state index < -0.39 is 15.7 Å². The Kier molecular flexibility index (Phi) is 6.62. The van der Waals surface area contributed by atoms with Gasteiger partial charge in [0.2, 0.25) is 0 Å². The van der Waals surface area contributed by atoms with Crippen molar-refractivity contribution in [2.24, 2.45) is 0 Å². The molecule has 0 aliphatic carbocycles. The number of nitrogens with one attached hydrogen (secondary N) is 1. The third-order valence-corrected chi connectivity index (χ3v) is 5.59. The van der Waals surface area contributed by atoms with E-state index >= 15 is 0 Å². The second-order valence-corrected chi connectivity index (χ2v) is 8.32. The van der Waals surface area contributed by atoms with Gasteiger partial charge in [-0.1, -0.05) is 17.7 Å². The highest BCUT2D eigenvalue weighted by atomic mass is 35.5. The zero-order valence-electron chi connectivity index (χ0n) is 15.3. The molecule has 8 heteroatoms. The summed E-state index contributed by atoms with van der Waals surface area (Å²) >= 11 is 5.91. The van der Waals surface area contributed by atoms with Crippen LogP contribution in [0.15, 0.2) is 47.4 Å². The van der Waals surface area contributed by atoms with Crippen LogP contribution in [0.2, 0.25) is 5.02 Å². The number of amides is 2. The minimum Gasteiger partial charge on any atom is -0.339 e. The van der Waals surface area contributed by atoms with E-state index in [1.165, 1.54) is 18.2 Å². The number of benzene rings is 2. The average Bonchev–Trinajstić information content (AvgIpc) is 2.62. The van der Waals surface area contributed by atoms with Crippen molar-refractivity contribution >= 4 is 38.9 Å². The van der Waals surface area contributed by atoms with Crippen molar-refractivity contribution in [1.82, 2.24) is 4.90 Å². The van der Waals surface area contributed by atoms with Crippen LogP contribution in [0, 0.1) is 0 Å². The maximum Gasteiger partial charge on any atom is 0.255 e. The summed E-state index contributed by atoms with van der Waals surface area (Å²) < 4.78 is 23.5. The predicted molar refractivity (Wildman–Crippen MR) is 106 cm³/mol. The van der Waals surface area contributed by atoms with Crippen molar-refractivity contribution in [3.8, 4) is 0 Å². The van der Waals surface area contributed by atoms with Crippen LogP contribution < -0.4 is 5.32 Å². The second-order valence-electron chi connectivity index (χ2n) is 5.93. The van der Waals surface area contributed by atoms with Gasteiger partial charge in [0.1, 0.15) is 0 Å². The van der Waals surface area contributed by atoms with Gasteiger partial charge in [-0.2, -0.15) is 0 Å². The maximum absolute atomic E-state index is 12.5. The fourth-order valence-electron chi connectivity index (χ4n) is 2.56. The molecule has 2 aromatic carbocycles. The molecule has 0 spiro atoms. The van der Waals surface area contributed by atoms with Gasteiger partial charge < -0.3 is 10.2 Å². The van der Waals surface area contributed by atoms with Crippen LogP contribution in [0.3, 0.4) is 0 Å². The Bertz CT molecular complexity index is 969. The van der Waals surface area contributed by atoms with E-state index in [0.29, 0.717) is 24.3 Å². The van der Waals surface area contributed by atoms with E-state index in [0.717, 1.165) is 6.26 Å². The monoisotopic (exact) mass is 408 g/mol. The lowest BCUT2D eigenvalue weighted by atomic mass is 10.1. The average molecular weight is 409 g/mol. The molecular weight excluding hydrogens is 388 g/mol. The molecule has 0 atom stereocenters. The number of halogens is 1. The molecule has 0 heterocycles. The largest absolute Gasteiger partial charge is 0.339 e. The van der Waals surface area contributed by atoms with Gasteiger partial charge in [-0.15, -0.1) is 0 Å². The molecule has 144 valence electrons. The molecule has 2 amide bonds. The lowest BCUT2D eigenvalue weighted by Crippen LogP contribution is -2.30. The van der Waals surface area contributed by atoms with Gasteiger partial charge in [0.15, 0.2) is 9.84 Å². The standard InChI is InChI=1S/C19H21ClN2O4S/c1-4-22(5-2)19(24)14-7-6-8-15(11-14)21-18(23)13-9-10-16(20)17(12-13)27(3,25)26/h6-12H,4-5H2,1-3H3,(H,21,23). The van der Waals surface area contributed by atoms with Crippen LogP contribution in [0.5, 0.6) is 0 Å². The highest BCUT2D eigenvalue weighted by Gasteiger charge is 2.17. The summed E-state index contributed by atoms with van der Waals surface area (Å²) in [4.78, 5) is 26.5. The van der Waals surface area contributed by atoms with Gasteiger partial charge in [0.25, 0.3) is 11.8 Å². The molecule has 0 fully saturated rings. The Hall–Kier alpha value is -2.38. The zero-order valence-corrected chi connectivity index (χ0v) is 16.9. The van der Waals surface area contributed by atoms with Crippen molar-refractivity contribution in [2.75, 3.05) is 24.7 Å². The Labute approximate surface area is 164 Å². The van der Waals surface area contributed by atoms with Gasteiger partial charge in [0, 0.05) is 36.2 Å². The first-order chi connectivity index (χ1) is 12.7. The Morgan fingerprint density at radius 3 is 2.30 bits per heavy atom. The Morgan fingerprint density at radius 2 is 1.70 bits per heavy atom. The summed E-state index contributed by atoms with van der Waals surface area (Å²) in [6, 6.07) is 10.6. The van der Waals surface area contributed by atoms with Gasteiger partial charge in [-0.3, -0.25) is 9.59 Å². The van der Waals surface area contributed by atoms with E-state index in [-0.39, 0.29) is 21.4 Å². The first-order valence-electron chi connectivity index (χ1n) is 8.37. The summed E-state index contributed by atoms with van der Waals surface area (Å²) in [5.74, 6) is -0.619. The molecule has 0 aromatic heterocycles. The van der Waals surface area contributed by atoms with E-state index in [9.17, 15) is 18.0 Å². The Balaban J connectivity index is 2.27. The van der Waals surface area contributed by atoms with Crippen molar-refractivity contribution in [3.05, 3.63) is 58.6 Å². The molecule has 0 saturated heterocycles. The predicted octanol–water partition coefficient (Wildman–Crippen LogP) is 3.48. The fraction of sp³-hybridized carbons (Fsp3) is 0.263. The minimum absolute atomic E-state index is 0.0564. The summed E-state index contributed by atoms with van der Waals surface area (Å²) in [6.07, 6.45) is 1.03. The van der Waals surface area contributed by atoms with Crippen molar-refractivity contribution in [3.63, 3.8) is 0 Å². The van der Waals surface area contributed by atoms with Gasteiger partial charge in [0.05, 0.1) is 9.92 Å². The lowest BCUT2D eigenvalue weighted by Gasteiger charge is -2.19. The number of carbonyl (C=O) groups excluding carboxylic acids is 2. The molecule has 2 rings (SSSR count). The normalized spacial score (nSPS) is 11.1. The molecule has 2 aromatic rings. The highest BCUT2D eigenvalue weighted by Crippen LogP contribution is 2.23. The first-order valence-corrected chi connectivity index (χ1v) is 10.6. The third-order valence-electron chi connectivity index (χ3n) is 4.01. The first kappa shape index (κ1) is 20.9. The number of nitrogens with zero attached hydrogens (tertiary/aromatic N) is 1. The van der Waals surface area contributed by atoms with E-state index in [2.05, 4.69) is 5.32 Å². The molecule has 0 aliphatic heterocycles. The molecule has 0 unspecified atom stereocenters. The minimum atomic E-state index is -3.56. The van der Waals surface area contributed by atoms with Crippen molar-refractivity contribution in [2.45, 2.75) is 18.7 Å². The molecule has 27 heavy (non-hydrogen) atoms. The zero-order chi connectivity index (χ0) is 20.2. The smallest absolute Gasteiger partial charge is 0.255 e. The van der Waals surface area contributed by atoms with Crippen LogP contribution >= 0.6 is 11.6 Å². The van der Waals surface area contributed by atoms with Gasteiger partial charge in [-0.25, -0.2) is 8.42 Å². The third kappa shape index (κ3) is 5.08. The molecular formula is C19H21ClN2O4S. The topological polar surface area (TPSA) is 83.6 Å². The number of sulfone groups is 1. The Morgan fingerprint density at radius 1 is 1.04 bits per heavy atom. The van der Waals surface area contributed by atoms with Crippen LogP contribution in [-0.4, -0.2) is 44.5 Å².